The largest absolute Gasteiger partial charge is 0.276 e. The molecule has 0 saturated heterocycles. The van der Waals surface area contributed by atoms with Crippen LogP contribution in [0.1, 0.15) is 18.9 Å². The van der Waals surface area contributed by atoms with Crippen molar-refractivity contribution in [1.29, 1.82) is 0 Å². The van der Waals surface area contributed by atoms with Gasteiger partial charge >= 0.3 is 0 Å². The standard InChI is InChI=1S/C20H20N4OS/c1-2-13-23-18(25)16-10-6-7-11-17(16)24-19(23)21-22-20(24)26-14-12-15-8-4-3-5-9-15/h3-11H,2,12-14H2,1H3. The number of para-hydroxylation sites is 1. The first-order valence-electron chi connectivity index (χ1n) is 8.83. The van der Waals surface area contributed by atoms with Gasteiger partial charge in [0, 0.05) is 12.3 Å². The van der Waals surface area contributed by atoms with E-state index < -0.39 is 0 Å². The molecule has 6 heteroatoms. The van der Waals surface area contributed by atoms with Crippen molar-refractivity contribution < 1.29 is 0 Å². The van der Waals surface area contributed by atoms with Gasteiger partial charge in [-0.25, -0.2) is 0 Å². The van der Waals surface area contributed by atoms with E-state index in [9.17, 15) is 4.79 Å². The van der Waals surface area contributed by atoms with E-state index in [0.29, 0.717) is 17.7 Å². The third-order valence-corrected chi connectivity index (χ3v) is 5.32. The van der Waals surface area contributed by atoms with Crippen LogP contribution < -0.4 is 5.56 Å². The van der Waals surface area contributed by atoms with Gasteiger partial charge in [0.25, 0.3) is 5.56 Å². The summed E-state index contributed by atoms with van der Waals surface area (Å²) < 4.78 is 3.75. The van der Waals surface area contributed by atoms with Crippen LogP contribution in [0.3, 0.4) is 0 Å². The molecule has 26 heavy (non-hydrogen) atoms. The summed E-state index contributed by atoms with van der Waals surface area (Å²) in [5, 5.41) is 10.2. The molecule has 0 aliphatic carbocycles. The zero-order valence-electron chi connectivity index (χ0n) is 14.6. The second kappa shape index (κ2) is 7.33. The van der Waals surface area contributed by atoms with Crippen molar-refractivity contribution in [1.82, 2.24) is 19.2 Å². The predicted octanol–water partition coefficient (Wildman–Crippen LogP) is 3.79. The number of fused-ring (bicyclic) bond motifs is 3. The molecule has 2 aromatic heterocycles. The zero-order chi connectivity index (χ0) is 17.9. The fourth-order valence-corrected chi connectivity index (χ4v) is 4.09. The van der Waals surface area contributed by atoms with Crippen LogP contribution in [-0.2, 0) is 13.0 Å². The van der Waals surface area contributed by atoms with Crippen molar-refractivity contribution in [2.45, 2.75) is 31.5 Å². The lowest BCUT2D eigenvalue weighted by Gasteiger charge is -2.10. The van der Waals surface area contributed by atoms with Gasteiger partial charge in [0.2, 0.25) is 5.78 Å². The Morgan fingerprint density at radius 3 is 2.58 bits per heavy atom. The van der Waals surface area contributed by atoms with Gasteiger partial charge in [-0.2, -0.15) is 0 Å². The minimum absolute atomic E-state index is 0.00295. The molecule has 0 bridgehead atoms. The molecule has 5 nitrogen and oxygen atoms in total. The van der Waals surface area contributed by atoms with Gasteiger partial charge in [-0.05, 0) is 30.5 Å². The van der Waals surface area contributed by atoms with Gasteiger partial charge in [-0.3, -0.25) is 13.8 Å². The summed E-state index contributed by atoms with van der Waals surface area (Å²) in [5.41, 5.74) is 2.18. The molecule has 0 atom stereocenters. The van der Waals surface area contributed by atoms with Crippen molar-refractivity contribution >= 4 is 28.4 Å². The molecule has 0 aliphatic heterocycles. The first-order valence-corrected chi connectivity index (χ1v) is 9.81. The van der Waals surface area contributed by atoms with Crippen LogP contribution in [0.5, 0.6) is 0 Å². The van der Waals surface area contributed by atoms with Crippen molar-refractivity contribution in [2.24, 2.45) is 0 Å². The smallest absolute Gasteiger partial charge is 0.262 e. The monoisotopic (exact) mass is 364 g/mol. The molecule has 4 aromatic rings. The number of benzene rings is 2. The van der Waals surface area contributed by atoms with E-state index in [1.165, 1.54) is 5.56 Å². The predicted molar refractivity (Wildman–Crippen MR) is 106 cm³/mol. The number of rotatable bonds is 6. The molecule has 0 fully saturated rings. The summed E-state index contributed by atoms with van der Waals surface area (Å²) in [6.45, 7) is 2.70. The quantitative estimate of drug-likeness (QED) is 0.489. The van der Waals surface area contributed by atoms with E-state index >= 15 is 0 Å². The third-order valence-electron chi connectivity index (χ3n) is 4.39. The topological polar surface area (TPSA) is 52.2 Å². The van der Waals surface area contributed by atoms with Crippen LogP contribution in [0.15, 0.2) is 64.5 Å². The van der Waals surface area contributed by atoms with E-state index in [0.717, 1.165) is 29.3 Å². The molecule has 0 N–H and O–H groups in total. The molecular weight excluding hydrogens is 344 g/mol. The molecule has 2 heterocycles. The molecule has 2 aromatic carbocycles. The maximum absolute atomic E-state index is 12.8. The maximum Gasteiger partial charge on any atom is 0.262 e. The summed E-state index contributed by atoms with van der Waals surface area (Å²) in [5.74, 6) is 1.53. The lowest BCUT2D eigenvalue weighted by molar-refractivity contribution is 0.662. The Morgan fingerprint density at radius 1 is 1.00 bits per heavy atom. The minimum atomic E-state index is 0.00295. The van der Waals surface area contributed by atoms with Crippen LogP contribution in [-0.4, -0.2) is 24.9 Å². The minimum Gasteiger partial charge on any atom is -0.276 e. The van der Waals surface area contributed by atoms with Gasteiger partial charge in [-0.1, -0.05) is 61.2 Å². The normalized spacial score (nSPS) is 11.4. The highest BCUT2D eigenvalue weighted by Crippen LogP contribution is 2.22. The Morgan fingerprint density at radius 2 is 1.77 bits per heavy atom. The van der Waals surface area contributed by atoms with Crippen LogP contribution in [0.25, 0.3) is 16.7 Å². The number of aryl methyl sites for hydroxylation is 2. The summed E-state index contributed by atoms with van der Waals surface area (Å²) in [6.07, 6.45) is 1.84. The molecule has 0 radical (unpaired) electrons. The summed E-state index contributed by atoms with van der Waals surface area (Å²) in [6, 6.07) is 18.1. The first kappa shape index (κ1) is 16.8. The van der Waals surface area contributed by atoms with Gasteiger partial charge in [0.1, 0.15) is 0 Å². The van der Waals surface area contributed by atoms with Gasteiger partial charge in [0.15, 0.2) is 5.16 Å². The van der Waals surface area contributed by atoms with E-state index in [1.54, 1.807) is 16.3 Å². The summed E-state index contributed by atoms with van der Waals surface area (Å²) in [7, 11) is 0. The molecule has 0 amide bonds. The third kappa shape index (κ3) is 3.01. The number of hydrogen-bond acceptors (Lipinski definition) is 4. The highest BCUT2D eigenvalue weighted by Gasteiger charge is 2.16. The summed E-state index contributed by atoms with van der Waals surface area (Å²) in [4.78, 5) is 12.8. The highest BCUT2D eigenvalue weighted by atomic mass is 32.2. The van der Waals surface area contributed by atoms with E-state index in [2.05, 4.69) is 41.4 Å². The Kier molecular flexibility index (Phi) is 4.75. The fourth-order valence-electron chi connectivity index (χ4n) is 3.16. The Balaban J connectivity index is 1.75. The number of nitrogens with zero attached hydrogens (tertiary/aromatic N) is 4. The van der Waals surface area contributed by atoms with E-state index in [-0.39, 0.29) is 5.56 Å². The van der Waals surface area contributed by atoms with Crippen molar-refractivity contribution in [3.05, 3.63) is 70.5 Å². The molecule has 0 saturated carbocycles. The van der Waals surface area contributed by atoms with E-state index in [4.69, 9.17) is 0 Å². The SMILES string of the molecule is CCCn1c(=O)c2ccccc2n2c(SCCc3ccccc3)nnc12. The molecular formula is C20H20N4OS. The molecule has 132 valence electrons. The Hall–Kier alpha value is -2.60. The summed E-state index contributed by atoms with van der Waals surface area (Å²) >= 11 is 1.67. The van der Waals surface area contributed by atoms with Gasteiger partial charge in [0.05, 0.1) is 10.9 Å². The highest BCUT2D eigenvalue weighted by molar-refractivity contribution is 7.99. The first-order chi connectivity index (χ1) is 12.8. The van der Waals surface area contributed by atoms with Gasteiger partial charge < -0.3 is 0 Å². The molecule has 0 unspecified atom stereocenters. The van der Waals surface area contributed by atoms with Crippen molar-refractivity contribution in [3.63, 3.8) is 0 Å². The van der Waals surface area contributed by atoms with Crippen molar-refractivity contribution in [2.75, 3.05) is 5.75 Å². The van der Waals surface area contributed by atoms with Crippen LogP contribution in [0.4, 0.5) is 0 Å². The van der Waals surface area contributed by atoms with Crippen LogP contribution in [0, 0.1) is 0 Å². The lowest BCUT2D eigenvalue weighted by atomic mass is 10.2. The average molecular weight is 364 g/mol. The Labute approximate surface area is 155 Å². The number of aromatic nitrogens is 4. The molecule has 4 rings (SSSR count). The van der Waals surface area contributed by atoms with Gasteiger partial charge in [-0.15, -0.1) is 10.2 Å². The van der Waals surface area contributed by atoms with Crippen LogP contribution >= 0.6 is 11.8 Å². The van der Waals surface area contributed by atoms with Crippen LogP contribution in [0.2, 0.25) is 0 Å². The van der Waals surface area contributed by atoms with Crippen molar-refractivity contribution in [3.8, 4) is 0 Å². The van der Waals surface area contributed by atoms with E-state index in [1.807, 2.05) is 34.7 Å². The maximum atomic E-state index is 12.8. The lowest BCUT2D eigenvalue weighted by Crippen LogP contribution is -2.23. The second-order valence-corrected chi connectivity index (χ2v) is 7.24. The number of hydrogen-bond donors (Lipinski definition) is 0. The Bertz CT molecular complexity index is 1100. The molecule has 0 spiro atoms. The molecule has 0 aliphatic rings. The number of thioether (sulfide) groups is 1. The fraction of sp³-hybridized carbons (Fsp3) is 0.250. The second-order valence-electron chi connectivity index (χ2n) is 6.18. The average Bonchev–Trinajstić information content (AvgIpc) is 3.10. The zero-order valence-corrected chi connectivity index (χ0v) is 15.4.